The van der Waals surface area contributed by atoms with Crippen molar-refractivity contribution in [3.63, 3.8) is 0 Å². The average Bonchev–Trinajstić information content (AvgIpc) is 2.30. The minimum Gasteiger partial charge on any atom is -0.0683 e. The fourth-order valence-electron chi connectivity index (χ4n) is 1.50. The van der Waals surface area contributed by atoms with Gasteiger partial charge in [0.25, 0.3) is 0 Å². The van der Waals surface area contributed by atoms with Crippen molar-refractivity contribution in [1.29, 1.82) is 0 Å². The number of hydrogen-bond donors (Lipinski definition) is 0. The van der Waals surface area contributed by atoms with E-state index in [1.54, 1.807) is 0 Å². The first-order valence-electron chi connectivity index (χ1n) is 6.28. The van der Waals surface area contributed by atoms with Crippen molar-refractivity contribution >= 4 is 0 Å². The summed E-state index contributed by atoms with van der Waals surface area (Å²) in [6.07, 6.45) is 3.86. The van der Waals surface area contributed by atoms with Crippen molar-refractivity contribution in [3.05, 3.63) is 35.4 Å². The van der Waals surface area contributed by atoms with Crippen molar-refractivity contribution in [2.24, 2.45) is 5.92 Å². The lowest BCUT2D eigenvalue weighted by atomic mass is 9.97. The molecule has 86 valence electrons. The van der Waals surface area contributed by atoms with E-state index in [9.17, 15) is 0 Å². The average molecular weight is 206 g/mol. The molecule has 1 rings (SSSR count). The molecule has 0 aliphatic heterocycles. The predicted molar refractivity (Wildman–Crippen MR) is 70.3 cm³/mol. The third-order valence-corrected chi connectivity index (χ3v) is 2.86. The lowest BCUT2D eigenvalue weighted by Gasteiger charge is -2.09. The highest BCUT2D eigenvalue weighted by Crippen LogP contribution is 2.14. The van der Waals surface area contributed by atoms with Crippen molar-refractivity contribution < 1.29 is 0 Å². The van der Waals surface area contributed by atoms with E-state index in [-0.39, 0.29) is 0 Å². The van der Waals surface area contributed by atoms with Crippen LogP contribution in [0.5, 0.6) is 0 Å². The Labute approximate surface area is 95.7 Å². The van der Waals surface area contributed by atoms with Crippen LogP contribution in [0.25, 0.3) is 0 Å². The van der Waals surface area contributed by atoms with E-state index < -0.39 is 0 Å². The van der Waals surface area contributed by atoms with Gasteiger partial charge in [0.1, 0.15) is 0 Å². The molecular weight excluding hydrogens is 180 g/mol. The highest BCUT2D eigenvalue weighted by atomic mass is 14.1. The zero-order chi connectivity index (χ0) is 11.7. The van der Waals surface area contributed by atoms with Gasteiger partial charge >= 0.3 is 0 Å². The molecule has 0 saturated carbocycles. The highest BCUT2D eigenvalue weighted by Gasteiger charge is 2.01. The molecule has 0 N–H and O–H groups in total. The molecule has 0 nitrogen and oxygen atoms in total. The molecule has 15 heavy (non-hydrogen) atoms. The Morgan fingerprint density at radius 3 is 2.27 bits per heavy atom. The van der Waals surface area contributed by atoms with E-state index >= 15 is 0 Å². The molecule has 1 unspecified atom stereocenters. The Kier molecular flexibility index (Phi) is 8.08. The van der Waals surface area contributed by atoms with Crippen LogP contribution in [0.4, 0.5) is 0 Å². The summed E-state index contributed by atoms with van der Waals surface area (Å²) in [5.41, 5.74) is 2.95. The molecular formula is C15H26. The second-order valence-electron chi connectivity index (χ2n) is 3.98. The topological polar surface area (TPSA) is 0 Å². The van der Waals surface area contributed by atoms with Crippen LogP contribution in [-0.2, 0) is 6.42 Å². The number of hydrogen-bond acceptors (Lipinski definition) is 0. The van der Waals surface area contributed by atoms with Gasteiger partial charge in [0.2, 0.25) is 0 Å². The van der Waals surface area contributed by atoms with Gasteiger partial charge in [-0.3, -0.25) is 0 Å². The summed E-state index contributed by atoms with van der Waals surface area (Å²) in [6, 6.07) is 8.70. The molecule has 0 bridgehead atoms. The predicted octanol–water partition coefficient (Wildman–Crippen LogP) is 5.00. The van der Waals surface area contributed by atoms with Crippen LogP contribution >= 0.6 is 0 Å². The van der Waals surface area contributed by atoms with Crippen LogP contribution in [0, 0.1) is 12.8 Å². The molecule has 0 fully saturated rings. The largest absolute Gasteiger partial charge is 0.0683 e. The van der Waals surface area contributed by atoms with Gasteiger partial charge < -0.3 is 0 Å². The van der Waals surface area contributed by atoms with E-state index in [2.05, 4.69) is 45.0 Å². The molecule has 0 aromatic heterocycles. The van der Waals surface area contributed by atoms with Crippen molar-refractivity contribution in [2.75, 3.05) is 0 Å². The monoisotopic (exact) mass is 206 g/mol. The quantitative estimate of drug-likeness (QED) is 0.650. The molecule has 0 aliphatic rings. The highest BCUT2D eigenvalue weighted by molar-refractivity contribution is 5.25. The van der Waals surface area contributed by atoms with Crippen LogP contribution in [0.3, 0.4) is 0 Å². The maximum absolute atomic E-state index is 2.33. The summed E-state index contributed by atoms with van der Waals surface area (Å²) in [4.78, 5) is 0. The zero-order valence-electron chi connectivity index (χ0n) is 11.0. The van der Waals surface area contributed by atoms with Crippen LogP contribution in [0.2, 0.25) is 0 Å². The molecule has 1 aromatic rings. The second kappa shape index (κ2) is 8.52. The zero-order valence-corrected chi connectivity index (χ0v) is 11.0. The fraction of sp³-hybridized carbons (Fsp3) is 0.600. The van der Waals surface area contributed by atoms with Crippen molar-refractivity contribution in [1.82, 2.24) is 0 Å². The fourth-order valence-corrected chi connectivity index (χ4v) is 1.50. The smallest absolute Gasteiger partial charge is 0.0274 e. The molecule has 1 aromatic carbocycles. The third kappa shape index (κ3) is 5.61. The number of benzene rings is 1. The molecule has 0 saturated heterocycles. The minimum atomic E-state index is 0.861. The number of aryl methyl sites for hydroxylation is 2. The SMILES string of the molecule is CC.CCC(C)CCc1ccccc1C. The van der Waals surface area contributed by atoms with Gasteiger partial charge in [0.15, 0.2) is 0 Å². The Bertz CT molecular complexity index is 250. The molecule has 0 heterocycles. The first-order valence-corrected chi connectivity index (χ1v) is 6.28. The normalized spacial score (nSPS) is 11.5. The summed E-state index contributed by atoms with van der Waals surface area (Å²) in [6.45, 7) is 10.8. The summed E-state index contributed by atoms with van der Waals surface area (Å²) in [5, 5.41) is 0. The molecule has 1 atom stereocenters. The molecule has 0 spiro atoms. The van der Waals surface area contributed by atoms with Gasteiger partial charge in [-0.1, -0.05) is 58.4 Å². The maximum atomic E-state index is 2.33. The molecule has 0 radical (unpaired) electrons. The van der Waals surface area contributed by atoms with Crippen LogP contribution in [0.15, 0.2) is 24.3 Å². The Balaban J connectivity index is 0.000000921. The van der Waals surface area contributed by atoms with Gasteiger partial charge in [0.05, 0.1) is 0 Å². The first kappa shape index (κ1) is 14.2. The number of rotatable bonds is 4. The Morgan fingerprint density at radius 1 is 1.13 bits per heavy atom. The Hall–Kier alpha value is -0.780. The van der Waals surface area contributed by atoms with Gasteiger partial charge in [-0.25, -0.2) is 0 Å². The van der Waals surface area contributed by atoms with E-state index in [0.717, 1.165) is 5.92 Å². The molecule has 0 amide bonds. The van der Waals surface area contributed by atoms with Crippen molar-refractivity contribution in [2.45, 2.75) is 53.9 Å². The van der Waals surface area contributed by atoms with E-state index in [4.69, 9.17) is 0 Å². The lowest BCUT2D eigenvalue weighted by molar-refractivity contribution is 0.516. The van der Waals surface area contributed by atoms with E-state index in [1.807, 2.05) is 13.8 Å². The minimum absolute atomic E-state index is 0.861. The maximum Gasteiger partial charge on any atom is -0.0274 e. The van der Waals surface area contributed by atoms with E-state index in [1.165, 1.54) is 30.4 Å². The van der Waals surface area contributed by atoms with Crippen LogP contribution in [-0.4, -0.2) is 0 Å². The summed E-state index contributed by atoms with van der Waals surface area (Å²) < 4.78 is 0. The van der Waals surface area contributed by atoms with Crippen LogP contribution in [0.1, 0.15) is 51.7 Å². The van der Waals surface area contributed by atoms with Gasteiger partial charge in [0, 0.05) is 0 Å². The second-order valence-corrected chi connectivity index (χ2v) is 3.98. The summed E-state index contributed by atoms with van der Waals surface area (Å²) >= 11 is 0. The lowest BCUT2D eigenvalue weighted by Crippen LogP contribution is -1.96. The van der Waals surface area contributed by atoms with Gasteiger partial charge in [-0.2, -0.15) is 0 Å². The van der Waals surface area contributed by atoms with E-state index in [0.29, 0.717) is 0 Å². The molecule has 0 aliphatic carbocycles. The Morgan fingerprint density at radius 2 is 1.73 bits per heavy atom. The van der Waals surface area contributed by atoms with Crippen molar-refractivity contribution in [3.8, 4) is 0 Å². The van der Waals surface area contributed by atoms with Gasteiger partial charge in [-0.05, 0) is 36.8 Å². The summed E-state index contributed by atoms with van der Waals surface area (Å²) in [5.74, 6) is 0.861. The van der Waals surface area contributed by atoms with Gasteiger partial charge in [-0.15, -0.1) is 0 Å². The molecule has 0 heteroatoms. The third-order valence-electron chi connectivity index (χ3n) is 2.86. The van der Waals surface area contributed by atoms with Crippen LogP contribution < -0.4 is 0 Å². The standard InChI is InChI=1S/C13H20.C2H6/c1-4-11(2)9-10-13-8-6-5-7-12(13)3;1-2/h5-8,11H,4,9-10H2,1-3H3;1-2H3. The summed E-state index contributed by atoms with van der Waals surface area (Å²) in [7, 11) is 0. The first-order chi connectivity index (χ1) is 7.24.